The second kappa shape index (κ2) is 9.34. The second-order valence-electron chi connectivity index (χ2n) is 6.19. The minimum atomic E-state index is -0.344. The summed E-state index contributed by atoms with van der Waals surface area (Å²) in [5, 5.41) is 9.41. The second-order valence-corrected chi connectivity index (χ2v) is 6.19. The standard InChI is InChI=1S/C24H18FNO3/c1-28-23-14-18(13-20(15-26)24(27)19-5-3-2-4-6-19)9-12-22(23)29-16-17-7-10-21(25)11-8-17/h2-14H,16H2,1H3. The SMILES string of the molecule is COc1cc(C=C(C#N)C(=O)c2ccccc2)ccc1OCc1ccc(F)cc1. The van der Waals surface area contributed by atoms with Crippen LogP contribution in [-0.2, 0) is 6.61 Å². The van der Waals surface area contributed by atoms with Gasteiger partial charge in [-0.05, 0) is 41.5 Å². The number of ether oxygens (including phenoxy) is 2. The van der Waals surface area contributed by atoms with E-state index >= 15 is 0 Å². The first-order valence-corrected chi connectivity index (χ1v) is 8.87. The number of halogens is 1. The molecule has 0 N–H and O–H groups in total. The lowest BCUT2D eigenvalue weighted by atomic mass is 10.0. The molecule has 0 aliphatic rings. The van der Waals surface area contributed by atoms with Crippen LogP contribution in [0.1, 0.15) is 21.5 Å². The van der Waals surface area contributed by atoms with Gasteiger partial charge in [0, 0.05) is 5.56 Å². The minimum Gasteiger partial charge on any atom is -0.493 e. The molecule has 0 spiro atoms. The van der Waals surface area contributed by atoms with Crippen molar-refractivity contribution >= 4 is 11.9 Å². The van der Waals surface area contributed by atoms with Crippen molar-refractivity contribution in [2.24, 2.45) is 0 Å². The van der Waals surface area contributed by atoms with Gasteiger partial charge in [-0.2, -0.15) is 5.26 Å². The van der Waals surface area contributed by atoms with Crippen molar-refractivity contribution in [3.8, 4) is 17.6 Å². The zero-order valence-electron chi connectivity index (χ0n) is 15.8. The van der Waals surface area contributed by atoms with E-state index in [4.69, 9.17) is 9.47 Å². The molecule has 0 radical (unpaired) electrons. The van der Waals surface area contributed by atoms with Gasteiger partial charge in [-0.3, -0.25) is 4.79 Å². The van der Waals surface area contributed by atoms with Crippen LogP contribution in [0, 0.1) is 17.1 Å². The molecule has 3 aromatic carbocycles. The van der Waals surface area contributed by atoms with Gasteiger partial charge in [-0.1, -0.05) is 48.5 Å². The van der Waals surface area contributed by atoms with Crippen LogP contribution < -0.4 is 9.47 Å². The minimum absolute atomic E-state index is 0.0261. The first kappa shape index (κ1) is 19.8. The van der Waals surface area contributed by atoms with E-state index in [0.717, 1.165) is 5.56 Å². The molecule has 3 aromatic rings. The van der Waals surface area contributed by atoms with Crippen molar-refractivity contribution in [2.45, 2.75) is 6.61 Å². The third-order valence-electron chi connectivity index (χ3n) is 4.21. The number of benzene rings is 3. The van der Waals surface area contributed by atoms with E-state index in [1.165, 1.54) is 25.3 Å². The molecule has 0 aromatic heterocycles. The van der Waals surface area contributed by atoms with Crippen molar-refractivity contribution in [1.29, 1.82) is 5.26 Å². The summed E-state index contributed by atoms with van der Waals surface area (Å²) in [7, 11) is 1.51. The summed E-state index contributed by atoms with van der Waals surface area (Å²) >= 11 is 0. The molecule has 0 aliphatic heterocycles. The van der Waals surface area contributed by atoms with Crippen molar-refractivity contribution in [2.75, 3.05) is 7.11 Å². The topological polar surface area (TPSA) is 59.3 Å². The molecule has 0 saturated carbocycles. The van der Waals surface area contributed by atoms with Gasteiger partial charge in [0.1, 0.15) is 24.1 Å². The number of rotatable bonds is 7. The molecule has 29 heavy (non-hydrogen) atoms. The van der Waals surface area contributed by atoms with Crippen LogP contribution in [0.15, 0.2) is 78.4 Å². The average molecular weight is 387 g/mol. The number of Topliss-reactive ketones (excluding diaryl/α,β-unsaturated/α-hetero) is 1. The number of carbonyl (C=O) groups is 1. The number of carbonyl (C=O) groups excluding carboxylic acids is 1. The first-order chi connectivity index (χ1) is 14.1. The first-order valence-electron chi connectivity index (χ1n) is 8.87. The summed E-state index contributed by atoms with van der Waals surface area (Å²) in [4.78, 5) is 12.5. The maximum absolute atomic E-state index is 13.0. The fourth-order valence-electron chi connectivity index (χ4n) is 2.70. The van der Waals surface area contributed by atoms with Crippen LogP contribution in [0.5, 0.6) is 11.5 Å². The van der Waals surface area contributed by atoms with Gasteiger partial charge >= 0.3 is 0 Å². The smallest absolute Gasteiger partial charge is 0.203 e. The van der Waals surface area contributed by atoms with E-state index in [1.54, 1.807) is 54.6 Å². The molecule has 0 unspecified atom stereocenters. The van der Waals surface area contributed by atoms with Crippen molar-refractivity contribution in [3.05, 3.63) is 101 Å². The monoisotopic (exact) mass is 387 g/mol. The van der Waals surface area contributed by atoms with Crippen LogP contribution in [0.25, 0.3) is 6.08 Å². The Bertz CT molecular complexity index is 1070. The quantitative estimate of drug-likeness (QED) is 0.317. The van der Waals surface area contributed by atoms with Gasteiger partial charge in [-0.15, -0.1) is 0 Å². The highest BCUT2D eigenvalue weighted by Gasteiger charge is 2.13. The molecule has 0 atom stereocenters. The Labute approximate surface area is 168 Å². The van der Waals surface area contributed by atoms with Crippen LogP contribution in [0.2, 0.25) is 0 Å². The molecule has 0 heterocycles. The highest BCUT2D eigenvalue weighted by molar-refractivity contribution is 6.14. The molecular weight excluding hydrogens is 369 g/mol. The number of hydrogen-bond donors (Lipinski definition) is 0. The van der Waals surface area contributed by atoms with Gasteiger partial charge in [0.2, 0.25) is 5.78 Å². The van der Waals surface area contributed by atoms with Gasteiger partial charge in [0.05, 0.1) is 7.11 Å². The van der Waals surface area contributed by atoms with Crippen LogP contribution in [0.4, 0.5) is 4.39 Å². The summed E-state index contributed by atoms with van der Waals surface area (Å²) in [6.45, 7) is 0.252. The summed E-state index contributed by atoms with van der Waals surface area (Å²) in [6, 6.07) is 21.8. The normalized spacial score (nSPS) is 10.9. The third kappa shape index (κ3) is 5.08. The highest BCUT2D eigenvalue weighted by atomic mass is 19.1. The highest BCUT2D eigenvalue weighted by Crippen LogP contribution is 2.30. The molecule has 0 saturated heterocycles. The molecular formula is C24H18FNO3. The van der Waals surface area contributed by atoms with E-state index < -0.39 is 0 Å². The number of methoxy groups -OCH3 is 1. The average Bonchev–Trinajstić information content (AvgIpc) is 2.77. The van der Waals surface area contributed by atoms with E-state index in [2.05, 4.69) is 0 Å². The van der Waals surface area contributed by atoms with E-state index in [9.17, 15) is 14.4 Å². The van der Waals surface area contributed by atoms with Gasteiger partial charge < -0.3 is 9.47 Å². The number of hydrogen-bond acceptors (Lipinski definition) is 4. The van der Waals surface area contributed by atoms with Crippen molar-refractivity contribution < 1.29 is 18.7 Å². The summed E-state index contributed by atoms with van der Waals surface area (Å²) in [6.07, 6.45) is 1.52. The lowest BCUT2D eigenvalue weighted by Crippen LogP contribution is -2.01. The van der Waals surface area contributed by atoms with E-state index in [1.807, 2.05) is 12.1 Å². The summed E-state index contributed by atoms with van der Waals surface area (Å²) < 4.78 is 24.1. The summed E-state index contributed by atoms with van der Waals surface area (Å²) in [5.41, 5.74) is 1.93. The molecule has 144 valence electrons. The molecule has 0 fully saturated rings. The maximum Gasteiger partial charge on any atom is 0.203 e. The fraction of sp³-hybridized carbons (Fsp3) is 0.0833. The van der Waals surface area contributed by atoms with E-state index in [-0.39, 0.29) is 23.8 Å². The van der Waals surface area contributed by atoms with Crippen LogP contribution in [-0.4, -0.2) is 12.9 Å². The van der Waals surface area contributed by atoms with Crippen molar-refractivity contribution in [1.82, 2.24) is 0 Å². The molecule has 0 aliphatic carbocycles. The number of nitriles is 1. The molecule has 3 rings (SSSR count). The zero-order chi connectivity index (χ0) is 20.6. The fourth-order valence-corrected chi connectivity index (χ4v) is 2.70. The molecule has 4 nitrogen and oxygen atoms in total. The lowest BCUT2D eigenvalue weighted by molar-refractivity contribution is 0.104. The van der Waals surface area contributed by atoms with E-state index in [0.29, 0.717) is 22.6 Å². The Balaban J connectivity index is 1.80. The number of nitrogens with zero attached hydrogens (tertiary/aromatic N) is 1. The Kier molecular flexibility index (Phi) is 6.39. The molecule has 0 bridgehead atoms. The zero-order valence-corrected chi connectivity index (χ0v) is 15.8. The molecule has 0 amide bonds. The van der Waals surface area contributed by atoms with Crippen molar-refractivity contribution in [3.63, 3.8) is 0 Å². The third-order valence-corrected chi connectivity index (χ3v) is 4.21. The maximum atomic E-state index is 13.0. The number of allylic oxidation sites excluding steroid dienone is 1. The largest absolute Gasteiger partial charge is 0.493 e. The van der Waals surface area contributed by atoms with Gasteiger partial charge in [-0.25, -0.2) is 4.39 Å². The molecule has 5 heteroatoms. The predicted octanol–water partition coefficient (Wildman–Crippen LogP) is 5.20. The Hall–Kier alpha value is -3.91. The van der Waals surface area contributed by atoms with Gasteiger partial charge in [0.15, 0.2) is 11.5 Å². The lowest BCUT2D eigenvalue weighted by Gasteiger charge is -2.11. The Morgan fingerprint density at radius 3 is 2.41 bits per heavy atom. The summed E-state index contributed by atoms with van der Waals surface area (Å²) in [5.74, 6) is 0.316. The number of ketones is 1. The predicted molar refractivity (Wildman–Crippen MR) is 108 cm³/mol. The van der Waals surface area contributed by atoms with Crippen LogP contribution >= 0.6 is 0 Å². The Morgan fingerprint density at radius 1 is 1.03 bits per heavy atom. The van der Waals surface area contributed by atoms with Crippen LogP contribution in [0.3, 0.4) is 0 Å². The van der Waals surface area contributed by atoms with Gasteiger partial charge in [0.25, 0.3) is 0 Å². The Morgan fingerprint density at radius 2 is 1.76 bits per heavy atom.